The third-order valence-corrected chi connectivity index (χ3v) is 4.15. The zero-order valence-corrected chi connectivity index (χ0v) is 12.8. The second kappa shape index (κ2) is 5.97. The first kappa shape index (κ1) is 14.3. The van der Waals surface area contributed by atoms with E-state index in [-0.39, 0.29) is 12.5 Å². The molecule has 1 amide bonds. The maximum atomic E-state index is 11.8. The number of hydrogen-bond donors (Lipinski definition) is 3. The molecule has 5 nitrogen and oxygen atoms in total. The van der Waals surface area contributed by atoms with E-state index in [1.165, 1.54) is 12.0 Å². The topological polar surface area (TPSA) is 80.0 Å². The summed E-state index contributed by atoms with van der Waals surface area (Å²) in [6.45, 7) is 0.206. The molecule has 0 aromatic carbocycles. The van der Waals surface area contributed by atoms with E-state index in [4.69, 9.17) is 18.0 Å². The zero-order valence-electron chi connectivity index (χ0n) is 11.9. The molecule has 0 radical (unpaired) electrons. The second-order valence-corrected chi connectivity index (χ2v) is 6.20. The molecular formula is C15H20N4OS. The summed E-state index contributed by atoms with van der Waals surface area (Å²) in [4.78, 5) is 16.7. The van der Waals surface area contributed by atoms with Gasteiger partial charge in [-0.25, -0.2) is 4.98 Å². The van der Waals surface area contributed by atoms with Crippen LogP contribution in [0.2, 0.25) is 0 Å². The molecule has 0 atom stereocenters. The molecule has 6 heteroatoms. The molecule has 2 aliphatic rings. The van der Waals surface area contributed by atoms with Gasteiger partial charge in [0.05, 0.1) is 12.1 Å². The molecule has 1 aromatic heterocycles. The minimum atomic E-state index is -0.00842. The number of aromatic nitrogens is 1. The number of thiocarbonyl (C=S) groups is 1. The number of hydrogen-bond acceptors (Lipinski definition) is 4. The van der Waals surface area contributed by atoms with Crippen LogP contribution in [0.5, 0.6) is 0 Å². The Kier molecular flexibility index (Phi) is 4.05. The van der Waals surface area contributed by atoms with Crippen molar-refractivity contribution < 1.29 is 4.79 Å². The van der Waals surface area contributed by atoms with Crippen LogP contribution in [-0.4, -0.2) is 28.5 Å². The first-order valence-electron chi connectivity index (χ1n) is 7.49. The van der Waals surface area contributed by atoms with Crippen LogP contribution in [0.3, 0.4) is 0 Å². The zero-order chi connectivity index (χ0) is 14.8. The van der Waals surface area contributed by atoms with Gasteiger partial charge in [0.1, 0.15) is 10.8 Å². The number of carbonyl (C=O) groups excluding carboxylic acids is 1. The van der Waals surface area contributed by atoms with E-state index in [0.29, 0.717) is 16.8 Å². The van der Waals surface area contributed by atoms with Crippen LogP contribution >= 0.6 is 12.2 Å². The number of carbonyl (C=O) groups is 1. The van der Waals surface area contributed by atoms with E-state index in [9.17, 15) is 4.79 Å². The first-order chi connectivity index (χ1) is 10.1. The lowest BCUT2D eigenvalue weighted by atomic mass is 9.94. The highest BCUT2D eigenvalue weighted by Gasteiger charge is 2.23. The summed E-state index contributed by atoms with van der Waals surface area (Å²) in [6, 6.07) is 2.40. The van der Waals surface area contributed by atoms with Crippen LogP contribution in [0.1, 0.15) is 42.5 Å². The van der Waals surface area contributed by atoms with E-state index < -0.39 is 0 Å². The number of amides is 1. The van der Waals surface area contributed by atoms with Gasteiger partial charge in [-0.05, 0) is 50.2 Å². The van der Waals surface area contributed by atoms with Crippen LogP contribution < -0.4 is 16.4 Å². The standard InChI is InChI=1S/C15H20N4OS/c16-14(21)11-7-9-3-1-2-4-12(9)19-15(11)17-8-13(20)18-10-5-6-10/h7,10H,1-6,8H2,(H2,16,21)(H,17,19)(H,18,20). The number of nitrogens with zero attached hydrogens (tertiary/aromatic N) is 1. The predicted octanol–water partition coefficient (Wildman–Crippen LogP) is 1.29. The Morgan fingerprint density at radius 3 is 2.86 bits per heavy atom. The third-order valence-electron chi connectivity index (χ3n) is 3.93. The van der Waals surface area contributed by atoms with Crippen molar-refractivity contribution in [2.75, 3.05) is 11.9 Å². The smallest absolute Gasteiger partial charge is 0.239 e. The second-order valence-electron chi connectivity index (χ2n) is 5.76. The maximum Gasteiger partial charge on any atom is 0.239 e. The number of nitrogens with one attached hydrogen (secondary N) is 2. The van der Waals surface area contributed by atoms with E-state index in [1.807, 2.05) is 6.07 Å². The van der Waals surface area contributed by atoms with Crippen LogP contribution in [0.25, 0.3) is 0 Å². The van der Waals surface area contributed by atoms with Crippen molar-refractivity contribution >= 4 is 28.9 Å². The quantitative estimate of drug-likeness (QED) is 0.714. The summed E-state index contributed by atoms with van der Waals surface area (Å²) >= 11 is 5.11. The van der Waals surface area contributed by atoms with Gasteiger partial charge in [-0.3, -0.25) is 4.79 Å². The summed E-state index contributed by atoms with van der Waals surface area (Å²) in [5.74, 6) is 0.625. The molecule has 2 aliphatic carbocycles. The van der Waals surface area contributed by atoms with E-state index in [1.54, 1.807) is 0 Å². The van der Waals surface area contributed by atoms with Crippen molar-refractivity contribution in [1.29, 1.82) is 0 Å². The number of aryl methyl sites for hydroxylation is 2. The molecule has 0 unspecified atom stereocenters. The van der Waals surface area contributed by atoms with Crippen molar-refractivity contribution in [2.45, 2.75) is 44.6 Å². The summed E-state index contributed by atoms with van der Waals surface area (Å²) in [5, 5.41) is 6.03. The number of nitrogens with two attached hydrogens (primary N) is 1. The lowest BCUT2D eigenvalue weighted by Crippen LogP contribution is -2.32. The Hall–Kier alpha value is -1.69. The highest BCUT2D eigenvalue weighted by molar-refractivity contribution is 7.80. The Morgan fingerprint density at radius 2 is 2.14 bits per heavy atom. The van der Waals surface area contributed by atoms with Crippen LogP contribution in [0, 0.1) is 0 Å². The van der Waals surface area contributed by atoms with Gasteiger partial charge in [0.15, 0.2) is 0 Å². The molecule has 0 spiro atoms. The molecule has 1 fully saturated rings. The Bertz CT molecular complexity index is 583. The molecule has 1 heterocycles. The monoisotopic (exact) mass is 304 g/mol. The number of fused-ring (bicyclic) bond motifs is 1. The minimum Gasteiger partial charge on any atom is -0.389 e. The minimum absolute atomic E-state index is 0.00842. The Labute approximate surface area is 129 Å². The normalized spacial score (nSPS) is 17.0. The molecule has 1 aromatic rings. The Balaban J connectivity index is 1.75. The fourth-order valence-corrected chi connectivity index (χ4v) is 2.78. The molecule has 0 saturated heterocycles. The fraction of sp³-hybridized carbons (Fsp3) is 0.533. The van der Waals surface area contributed by atoms with Gasteiger partial charge in [0, 0.05) is 11.7 Å². The number of anilines is 1. The molecule has 21 heavy (non-hydrogen) atoms. The average molecular weight is 304 g/mol. The molecule has 4 N–H and O–H groups in total. The Morgan fingerprint density at radius 1 is 1.38 bits per heavy atom. The summed E-state index contributed by atoms with van der Waals surface area (Å²) in [5.41, 5.74) is 8.87. The van der Waals surface area contributed by atoms with Gasteiger partial charge < -0.3 is 16.4 Å². The number of rotatable bonds is 5. The van der Waals surface area contributed by atoms with E-state index in [2.05, 4.69) is 15.6 Å². The molecule has 112 valence electrons. The summed E-state index contributed by atoms with van der Waals surface area (Å²) in [6.07, 6.45) is 6.52. The molecular weight excluding hydrogens is 284 g/mol. The maximum absolute atomic E-state index is 11.8. The molecule has 0 bridgehead atoms. The molecule has 1 saturated carbocycles. The summed E-state index contributed by atoms with van der Waals surface area (Å²) in [7, 11) is 0. The van der Waals surface area contributed by atoms with Crippen LogP contribution in [0.15, 0.2) is 6.07 Å². The van der Waals surface area contributed by atoms with Gasteiger partial charge >= 0.3 is 0 Å². The van der Waals surface area contributed by atoms with Gasteiger partial charge in [0.2, 0.25) is 5.91 Å². The van der Waals surface area contributed by atoms with Crippen molar-refractivity contribution in [3.63, 3.8) is 0 Å². The van der Waals surface area contributed by atoms with Crippen LogP contribution in [0.4, 0.5) is 5.82 Å². The van der Waals surface area contributed by atoms with Gasteiger partial charge in [-0.1, -0.05) is 12.2 Å². The van der Waals surface area contributed by atoms with Crippen molar-refractivity contribution in [3.8, 4) is 0 Å². The van der Waals surface area contributed by atoms with Crippen LogP contribution in [-0.2, 0) is 17.6 Å². The molecule has 0 aliphatic heterocycles. The predicted molar refractivity (Wildman–Crippen MR) is 86.4 cm³/mol. The van der Waals surface area contributed by atoms with Crippen molar-refractivity contribution in [2.24, 2.45) is 5.73 Å². The number of pyridine rings is 1. The largest absolute Gasteiger partial charge is 0.389 e. The van der Waals surface area contributed by atoms with Gasteiger partial charge in [-0.2, -0.15) is 0 Å². The fourth-order valence-electron chi connectivity index (χ4n) is 2.63. The average Bonchev–Trinajstić information content (AvgIpc) is 3.28. The third kappa shape index (κ3) is 3.50. The highest BCUT2D eigenvalue weighted by Crippen LogP contribution is 2.24. The van der Waals surface area contributed by atoms with E-state index in [0.717, 1.165) is 43.4 Å². The van der Waals surface area contributed by atoms with Crippen molar-refractivity contribution in [1.82, 2.24) is 10.3 Å². The molecule has 3 rings (SSSR count). The summed E-state index contributed by atoms with van der Waals surface area (Å²) < 4.78 is 0. The lowest BCUT2D eigenvalue weighted by Gasteiger charge is -2.19. The highest BCUT2D eigenvalue weighted by atomic mass is 32.1. The van der Waals surface area contributed by atoms with E-state index >= 15 is 0 Å². The van der Waals surface area contributed by atoms with Gasteiger partial charge in [0.25, 0.3) is 0 Å². The first-order valence-corrected chi connectivity index (χ1v) is 7.90. The van der Waals surface area contributed by atoms with Crippen molar-refractivity contribution in [3.05, 3.63) is 22.9 Å². The lowest BCUT2D eigenvalue weighted by molar-refractivity contribution is -0.119. The van der Waals surface area contributed by atoms with Gasteiger partial charge in [-0.15, -0.1) is 0 Å². The SMILES string of the molecule is NC(=S)c1cc2c(nc1NCC(=O)NC1CC1)CCCC2.